The normalized spacial score (nSPS) is 17.0. The molecule has 0 aliphatic carbocycles. The van der Waals surface area contributed by atoms with Gasteiger partial charge in [0.1, 0.15) is 0 Å². The lowest BCUT2D eigenvalue weighted by molar-refractivity contribution is 0.0683. The lowest BCUT2D eigenvalue weighted by Crippen LogP contribution is -2.39. The van der Waals surface area contributed by atoms with E-state index in [0.29, 0.717) is 22.9 Å². The fourth-order valence-corrected chi connectivity index (χ4v) is 3.88. The summed E-state index contributed by atoms with van der Waals surface area (Å²) in [6.07, 6.45) is 2.26. The van der Waals surface area contributed by atoms with Gasteiger partial charge in [0, 0.05) is 24.3 Å². The number of amides is 1. The number of aromatic nitrogens is 5. The van der Waals surface area contributed by atoms with Crippen LogP contribution in [0.15, 0.2) is 48.5 Å². The Balaban J connectivity index is 1.41. The van der Waals surface area contributed by atoms with E-state index in [1.807, 2.05) is 53.4 Å². The molecule has 0 spiro atoms. The largest absolute Gasteiger partial charge is 0.338 e. The first-order valence-electron chi connectivity index (χ1n) is 9.82. The Kier molecular flexibility index (Phi) is 4.31. The number of carbonyl (C=O) groups excluding carboxylic acids is 1. The van der Waals surface area contributed by atoms with Gasteiger partial charge in [-0.25, -0.2) is 4.98 Å². The number of anilines is 2. The van der Waals surface area contributed by atoms with E-state index in [0.717, 1.165) is 36.2 Å². The first kappa shape index (κ1) is 17.5. The first-order chi connectivity index (χ1) is 14.2. The summed E-state index contributed by atoms with van der Waals surface area (Å²) >= 11 is 0. The molecule has 1 fully saturated rings. The molecule has 146 valence electrons. The van der Waals surface area contributed by atoms with Crippen LogP contribution >= 0.6 is 0 Å². The number of piperidine rings is 1. The molecule has 1 amide bonds. The molecule has 8 nitrogen and oxygen atoms in total. The fraction of sp³-hybridized carbons (Fsp3) is 0.286. The summed E-state index contributed by atoms with van der Waals surface area (Å²) in [4.78, 5) is 19.4. The van der Waals surface area contributed by atoms with E-state index >= 15 is 0 Å². The van der Waals surface area contributed by atoms with Crippen LogP contribution in [-0.2, 0) is 0 Å². The van der Waals surface area contributed by atoms with Gasteiger partial charge in [-0.15, -0.1) is 5.10 Å². The van der Waals surface area contributed by atoms with Crippen LogP contribution in [0.2, 0.25) is 0 Å². The number of nitrogens with one attached hydrogen (secondary N) is 1. The molecule has 3 heterocycles. The molecular weight excluding hydrogens is 366 g/mol. The summed E-state index contributed by atoms with van der Waals surface area (Å²) in [5.41, 5.74) is 3.70. The molecule has 4 aromatic rings. The third-order valence-corrected chi connectivity index (χ3v) is 5.36. The van der Waals surface area contributed by atoms with Crippen molar-refractivity contribution in [3.8, 4) is 0 Å². The van der Waals surface area contributed by atoms with Gasteiger partial charge in [0.2, 0.25) is 5.65 Å². The highest BCUT2D eigenvalue weighted by molar-refractivity contribution is 5.94. The van der Waals surface area contributed by atoms with Gasteiger partial charge in [-0.05, 0) is 65.6 Å². The predicted octanol–water partition coefficient (Wildman–Crippen LogP) is 3.29. The highest BCUT2D eigenvalue weighted by Crippen LogP contribution is 2.23. The maximum Gasteiger partial charge on any atom is 0.253 e. The second kappa shape index (κ2) is 7.12. The lowest BCUT2D eigenvalue weighted by atomic mass is 9.99. The number of hydrogen-bond donors (Lipinski definition) is 1. The molecule has 0 bridgehead atoms. The van der Waals surface area contributed by atoms with Gasteiger partial charge in [0.25, 0.3) is 5.91 Å². The van der Waals surface area contributed by atoms with E-state index in [-0.39, 0.29) is 5.91 Å². The van der Waals surface area contributed by atoms with Gasteiger partial charge in [-0.2, -0.15) is 4.52 Å². The SMILES string of the molecule is CC1CCCN(C(=O)c2ccc(Nc3nc4ccccc4n4nnnc34)cc2)C1. The van der Waals surface area contributed by atoms with Gasteiger partial charge < -0.3 is 10.2 Å². The Hall–Kier alpha value is -3.55. The van der Waals surface area contributed by atoms with Crippen molar-refractivity contribution in [1.29, 1.82) is 0 Å². The van der Waals surface area contributed by atoms with Crippen LogP contribution in [-0.4, -0.2) is 48.9 Å². The van der Waals surface area contributed by atoms with Crippen molar-refractivity contribution in [1.82, 2.24) is 29.9 Å². The second-order valence-electron chi connectivity index (χ2n) is 7.56. The van der Waals surface area contributed by atoms with Crippen LogP contribution in [0.25, 0.3) is 16.7 Å². The third kappa shape index (κ3) is 3.26. The monoisotopic (exact) mass is 387 g/mol. The molecular formula is C21H21N7O. The molecule has 0 radical (unpaired) electrons. The summed E-state index contributed by atoms with van der Waals surface area (Å²) in [7, 11) is 0. The molecule has 2 aromatic heterocycles. The number of carbonyl (C=O) groups is 1. The Labute approximate surface area is 167 Å². The van der Waals surface area contributed by atoms with E-state index in [1.54, 1.807) is 4.52 Å². The van der Waals surface area contributed by atoms with Crippen molar-refractivity contribution in [2.75, 3.05) is 18.4 Å². The molecule has 1 N–H and O–H groups in total. The molecule has 1 aliphatic rings. The zero-order valence-corrected chi connectivity index (χ0v) is 16.1. The number of para-hydroxylation sites is 2. The zero-order valence-electron chi connectivity index (χ0n) is 16.1. The van der Waals surface area contributed by atoms with Gasteiger partial charge in [0.05, 0.1) is 11.0 Å². The Bertz CT molecular complexity index is 1180. The standard InChI is InChI=1S/C21H21N7O/c1-14-5-4-12-27(13-14)21(29)15-8-10-16(11-9-15)22-19-20-24-25-26-28(20)18-7-3-2-6-17(18)23-19/h2-3,6-11,14H,4-5,12-13H2,1H3,(H,22,23). The summed E-state index contributed by atoms with van der Waals surface area (Å²) in [6.45, 7) is 3.86. The molecule has 29 heavy (non-hydrogen) atoms. The van der Waals surface area contributed by atoms with Gasteiger partial charge in [-0.3, -0.25) is 4.79 Å². The average Bonchev–Trinajstić information content (AvgIpc) is 3.25. The molecule has 8 heteroatoms. The minimum absolute atomic E-state index is 0.0935. The smallest absolute Gasteiger partial charge is 0.253 e. The van der Waals surface area contributed by atoms with Crippen LogP contribution in [0.4, 0.5) is 11.5 Å². The number of hydrogen-bond acceptors (Lipinski definition) is 6. The highest BCUT2D eigenvalue weighted by atomic mass is 16.2. The van der Waals surface area contributed by atoms with Gasteiger partial charge in [-0.1, -0.05) is 19.1 Å². The minimum Gasteiger partial charge on any atom is -0.338 e. The van der Waals surface area contributed by atoms with Crippen molar-refractivity contribution in [2.45, 2.75) is 19.8 Å². The molecule has 1 atom stereocenters. The van der Waals surface area contributed by atoms with Crippen molar-refractivity contribution in [3.63, 3.8) is 0 Å². The quantitative estimate of drug-likeness (QED) is 0.580. The van der Waals surface area contributed by atoms with E-state index in [9.17, 15) is 4.79 Å². The summed E-state index contributed by atoms with van der Waals surface area (Å²) in [6, 6.07) is 15.2. The number of rotatable bonds is 3. The average molecular weight is 387 g/mol. The maximum absolute atomic E-state index is 12.8. The van der Waals surface area contributed by atoms with Crippen molar-refractivity contribution in [3.05, 3.63) is 54.1 Å². The minimum atomic E-state index is 0.0935. The molecule has 2 aromatic carbocycles. The topological polar surface area (TPSA) is 88.3 Å². The third-order valence-electron chi connectivity index (χ3n) is 5.36. The molecule has 5 rings (SSSR count). The number of nitrogens with zero attached hydrogens (tertiary/aromatic N) is 6. The molecule has 0 saturated carbocycles. The Morgan fingerprint density at radius 3 is 2.79 bits per heavy atom. The lowest BCUT2D eigenvalue weighted by Gasteiger charge is -2.31. The van der Waals surface area contributed by atoms with Crippen LogP contribution in [0, 0.1) is 5.92 Å². The highest BCUT2D eigenvalue weighted by Gasteiger charge is 2.22. The fourth-order valence-electron chi connectivity index (χ4n) is 3.88. The van der Waals surface area contributed by atoms with Crippen molar-refractivity contribution >= 4 is 34.1 Å². The number of likely N-dealkylation sites (tertiary alicyclic amines) is 1. The molecule has 1 aliphatic heterocycles. The second-order valence-corrected chi connectivity index (χ2v) is 7.56. The van der Waals surface area contributed by atoms with Crippen LogP contribution in [0.5, 0.6) is 0 Å². The zero-order chi connectivity index (χ0) is 19.8. The van der Waals surface area contributed by atoms with Crippen LogP contribution in [0.3, 0.4) is 0 Å². The number of tetrazole rings is 1. The van der Waals surface area contributed by atoms with E-state index in [4.69, 9.17) is 0 Å². The molecule has 1 unspecified atom stereocenters. The van der Waals surface area contributed by atoms with E-state index in [1.165, 1.54) is 6.42 Å². The van der Waals surface area contributed by atoms with E-state index < -0.39 is 0 Å². The Morgan fingerprint density at radius 2 is 1.97 bits per heavy atom. The van der Waals surface area contributed by atoms with Crippen molar-refractivity contribution < 1.29 is 4.79 Å². The predicted molar refractivity (Wildman–Crippen MR) is 110 cm³/mol. The Morgan fingerprint density at radius 1 is 1.14 bits per heavy atom. The van der Waals surface area contributed by atoms with Crippen LogP contribution < -0.4 is 5.32 Å². The van der Waals surface area contributed by atoms with Gasteiger partial charge in [0.15, 0.2) is 5.82 Å². The first-order valence-corrected chi connectivity index (χ1v) is 9.82. The van der Waals surface area contributed by atoms with Gasteiger partial charge >= 0.3 is 0 Å². The van der Waals surface area contributed by atoms with E-state index in [2.05, 4.69) is 32.7 Å². The summed E-state index contributed by atoms with van der Waals surface area (Å²) < 4.78 is 1.67. The number of fused-ring (bicyclic) bond motifs is 3. The maximum atomic E-state index is 12.8. The van der Waals surface area contributed by atoms with Crippen molar-refractivity contribution in [2.24, 2.45) is 5.92 Å². The number of benzene rings is 2. The molecule has 1 saturated heterocycles. The van der Waals surface area contributed by atoms with Crippen LogP contribution in [0.1, 0.15) is 30.1 Å². The summed E-state index contributed by atoms with van der Waals surface area (Å²) in [5, 5.41) is 15.2. The summed E-state index contributed by atoms with van der Waals surface area (Å²) in [5.74, 6) is 1.22.